The highest BCUT2D eigenvalue weighted by Crippen LogP contribution is 2.50. The minimum Gasteiger partial charge on any atom is -0.481 e. The number of ether oxygens (including phenoxy) is 1. The third-order valence-corrected chi connectivity index (χ3v) is 3.80. The molecule has 1 heterocycles. The van der Waals surface area contributed by atoms with E-state index >= 15 is 0 Å². The Bertz CT molecular complexity index is 329. The Labute approximate surface area is 109 Å². The van der Waals surface area contributed by atoms with E-state index in [2.05, 4.69) is 32.6 Å². The predicted molar refractivity (Wildman–Crippen MR) is 69.6 cm³/mol. The number of morpholine rings is 1. The van der Waals surface area contributed by atoms with Crippen LogP contribution in [0.15, 0.2) is 0 Å². The minimum absolute atomic E-state index is 0.0370. The summed E-state index contributed by atoms with van der Waals surface area (Å²) in [5.41, 5.74) is -0.266. The van der Waals surface area contributed by atoms with Gasteiger partial charge in [-0.25, -0.2) is 0 Å². The van der Waals surface area contributed by atoms with Crippen LogP contribution in [0.5, 0.6) is 0 Å². The number of carboxylic acids is 1. The zero-order valence-electron chi connectivity index (χ0n) is 12.0. The lowest BCUT2D eigenvalue weighted by Crippen LogP contribution is -2.58. The first-order valence-corrected chi connectivity index (χ1v) is 6.76. The van der Waals surface area contributed by atoms with Gasteiger partial charge in [0.2, 0.25) is 0 Å². The Kier molecular flexibility index (Phi) is 3.23. The van der Waals surface area contributed by atoms with E-state index in [0.717, 1.165) is 32.5 Å². The molecule has 0 aromatic carbocycles. The second-order valence-electron chi connectivity index (χ2n) is 7.34. The van der Waals surface area contributed by atoms with E-state index in [0.29, 0.717) is 6.42 Å². The summed E-state index contributed by atoms with van der Waals surface area (Å²) in [5, 5.41) is 8.98. The maximum atomic E-state index is 10.9. The Balaban J connectivity index is 1.99. The summed E-state index contributed by atoms with van der Waals surface area (Å²) >= 11 is 0. The fourth-order valence-electron chi connectivity index (χ4n) is 3.42. The molecule has 1 aliphatic heterocycles. The fraction of sp³-hybridized carbons (Fsp3) is 0.929. The first kappa shape index (κ1) is 13.8. The van der Waals surface area contributed by atoms with Crippen LogP contribution in [0.2, 0.25) is 0 Å². The first-order chi connectivity index (χ1) is 8.12. The molecule has 2 rings (SSSR count). The Morgan fingerprint density at radius 2 is 1.67 bits per heavy atom. The number of rotatable bonds is 4. The van der Waals surface area contributed by atoms with Gasteiger partial charge < -0.3 is 9.84 Å². The molecule has 4 heteroatoms. The molecule has 2 fully saturated rings. The molecule has 1 saturated heterocycles. The third kappa shape index (κ3) is 3.45. The van der Waals surface area contributed by atoms with Gasteiger partial charge in [-0.05, 0) is 46.0 Å². The maximum Gasteiger partial charge on any atom is 0.303 e. The van der Waals surface area contributed by atoms with Gasteiger partial charge in [-0.2, -0.15) is 0 Å². The Morgan fingerprint density at radius 3 is 2.06 bits per heavy atom. The van der Waals surface area contributed by atoms with Crippen LogP contribution < -0.4 is 0 Å². The highest BCUT2D eigenvalue weighted by atomic mass is 16.5. The van der Waals surface area contributed by atoms with Crippen molar-refractivity contribution in [2.45, 2.75) is 58.2 Å². The van der Waals surface area contributed by atoms with Crippen LogP contribution in [0, 0.1) is 5.41 Å². The highest BCUT2D eigenvalue weighted by Gasteiger charge is 2.48. The van der Waals surface area contributed by atoms with Crippen LogP contribution in [-0.4, -0.2) is 46.8 Å². The standard InChI is InChI=1S/C14H25NO3/c1-12(2)8-15(9-13(3,4)18-12)10-14(5-6-14)7-11(16)17/h5-10H2,1-4H3,(H,16,17). The molecule has 0 bridgehead atoms. The van der Waals surface area contributed by atoms with E-state index in [1.807, 2.05) is 0 Å². The van der Waals surface area contributed by atoms with Gasteiger partial charge in [0.1, 0.15) is 0 Å². The summed E-state index contributed by atoms with van der Waals surface area (Å²) in [5.74, 6) is -0.667. The number of carboxylic acid groups (broad SMARTS) is 1. The van der Waals surface area contributed by atoms with Crippen LogP contribution in [0.1, 0.15) is 47.0 Å². The van der Waals surface area contributed by atoms with Gasteiger partial charge in [0, 0.05) is 19.6 Å². The van der Waals surface area contributed by atoms with Crippen molar-refractivity contribution in [2.24, 2.45) is 5.41 Å². The van der Waals surface area contributed by atoms with Crippen LogP contribution in [-0.2, 0) is 9.53 Å². The van der Waals surface area contributed by atoms with Gasteiger partial charge in [-0.3, -0.25) is 9.69 Å². The summed E-state index contributed by atoms with van der Waals surface area (Å²) in [7, 11) is 0. The normalized spacial score (nSPS) is 28.9. The summed E-state index contributed by atoms with van der Waals surface area (Å²) in [6, 6.07) is 0. The van der Waals surface area contributed by atoms with Gasteiger partial charge in [0.05, 0.1) is 17.6 Å². The predicted octanol–water partition coefficient (Wildman–Crippen LogP) is 2.13. The molecule has 0 aromatic heterocycles. The second-order valence-corrected chi connectivity index (χ2v) is 7.34. The van der Waals surface area contributed by atoms with E-state index in [1.54, 1.807) is 0 Å². The van der Waals surface area contributed by atoms with E-state index in [1.165, 1.54) is 0 Å². The molecule has 1 aliphatic carbocycles. The van der Waals surface area contributed by atoms with Crippen LogP contribution in [0.4, 0.5) is 0 Å². The molecule has 0 radical (unpaired) electrons. The number of nitrogens with zero attached hydrogens (tertiary/aromatic N) is 1. The highest BCUT2D eigenvalue weighted by molar-refractivity contribution is 5.68. The average molecular weight is 255 g/mol. The zero-order chi connectivity index (χ0) is 13.6. The average Bonchev–Trinajstić information content (AvgIpc) is 2.75. The molecule has 0 aromatic rings. The smallest absolute Gasteiger partial charge is 0.303 e. The molecule has 2 aliphatic rings. The van der Waals surface area contributed by atoms with Gasteiger partial charge in [-0.1, -0.05) is 0 Å². The van der Waals surface area contributed by atoms with Crippen molar-refractivity contribution >= 4 is 5.97 Å². The van der Waals surface area contributed by atoms with Crippen molar-refractivity contribution in [3.63, 3.8) is 0 Å². The Morgan fingerprint density at radius 1 is 1.17 bits per heavy atom. The SMILES string of the molecule is CC1(C)CN(CC2(CC(=O)O)CC2)CC(C)(C)O1. The topological polar surface area (TPSA) is 49.8 Å². The van der Waals surface area contributed by atoms with Crippen molar-refractivity contribution in [3.8, 4) is 0 Å². The lowest BCUT2D eigenvalue weighted by atomic mass is 9.95. The Hall–Kier alpha value is -0.610. The fourth-order valence-corrected chi connectivity index (χ4v) is 3.42. The number of aliphatic carboxylic acids is 1. The summed E-state index contributed by atoms with van der Waals surface area (Å²) in [6.07, 6.45) is 2.42. The van der Waals surface area contributed by atoms with Crippen LogP contribution >= 0.6 is 0 Å². The van der Waals surface area contributed by atoms with E-state index in [4.69, 9.17) is 9.84 Å². The molecule has 0 unspecified atom stereocenters. The molecule has 0 spiro atoms. The van der Waals surface area contributed by atoms with E-state index in [-0.39, 0.29) is 16.6 Å². The summed E-state index contributed by atoms with van der Waals surface area (Å²) < 4.78 is 6.05. The third-order valence-electron chi connectivity index (χ3n) is 3.80. The monoisotopic (exact) mass is 255 g/mol. The van der Waals surface area contributed by atoms with Gasteiger partial charge in [-0.15, -0.1) is 0 Å². The van der Waals surface area contributed by atoms with Gasteiger partial charge in [0.25, 0.3) is 0 Å². The molecular formula is C14H25NO3. The van der Waals surface area contributed by atoms with Gasteiger partial charge >= 0.3 is 5.97 Å². The summed E-state index contributed by atoms with van der Waals surface area (Å²) in [6.45, 7) is 11.1. The number of hydrogen-bond donors (Lipinski definition) is 1. The van der Waals surface area contributed by atoms with Crippen molar-refractivity contribution in [2.75, 3.05) is 19.6 Å². The van der Waals surface area contributed by atoms with Crippen LogP contribution in [0.25, 0.3) is 0 Å². The molecule has 104 valence electrons. The van der Waals surface area contributed by atoms with Gasteiger partial charge in [0.15, 0.2) is 0 Å². The molecule has 18 heavy (non-hydrogen) atoms. The van der Waals surface area contributed by atoms with E-state index < -0.39 is 5.97 Å². The number of carbonyl (C=O) groups is 1. The maximum absolute atomic E-state index is 10.9. The lowest BCUT2D eigenvalue weighted by Gasteiger charge is -2.48. The van der Waals surface area contributed by atoms with Crippen molar-refractivity contribution in [1.29, 1.82) is 0 Å². The lowest BCUT2D eigenvalue weighted by molar-refractivity contribution is -0.183. The minimum atomic E-state index is -0.667. The molecule has 1 saturated carbocycles. The number of hydrogen-bond acceptors (Lipinski definition) is 3. The van der Waals surface area contributed by atoms with Crippen molar-refractivity contribution in [3.05, 3.63) is 0 Å². The summed E-state index contributed by atoms with van der Waals surface area (Å²) in [4.78, 5) is 13.3. The molecule has 0 atom stereocenters. The second kappa shape index (κ2) is 4.20. The van der Waals surface area contributed by atoms with Crippen molar-refractivity contribution < 1.29 is 14.6 Å². The quantitative estimate of drug-likeness (QED) is 0.836. The molecule has 1 N–H and O–H groups in total. The van der Waals surface area contributed by atoms with E-state index in [9.17, 15) is 4.79 Å². The van der Waals surface area contributed by atoms with Crippen molar-refractivity contribution in [1.82, 2.24) is 4.90 Å². The van der Waals surface area contributed by atoms with Crippen LogP contribution in [0.3, 0.4) is 0 Å². The first-order valence-electron chi connectivity index (χ1n) is 6.76. The molecule has 0 amide bonds. The molecular weight excluding hydrogens is 230 g/mol. The zero-order valence-corrected chi connectivity index (χ0v) is 12.0. The molecule has 4 nitrogen and oxygen atoms in total. The largest absolute Gasteiger partial charge is 0.481 e.